The van der Waals surface area contributed by atoms with E-state index in [9.17, 15) is 14.7 Å². The smallest absolute Gasteiger partial charge is 0.327 e. The lowest BCUT2D eigenvalue weighted by Gasteiger charge is -2.27. The summed E-state index contributed by atoms with van der Waals surface area (Å²) >= 11 is 4.83. The normalized spacial score (nSPS) is 20.5. The Morgan fingerprint density at radius 2 is 1.87 bits per heavy atom. The molecule has 118 valence electrons. The van der Waals surface area contributed by atoms with Crippen molar-refractivity contribution in [1.29, 1.82) is 0 Å². The zero-order valence-electron chi connectivity index (χ0n) is 12.1. The van der Waals surface area contributed by atoms with Crippen molar-refractivity contribution in [3.8, 4) is 0 Å². The summed E-state index contributed by atoms with van der Waals surface area (Å²) in [6, 6.07) is 15.7. The van der Waals surface area contributed by atoms with E-state index in [0.29, 0.717) is 11.3 Å². The van der Waals surface area contributed by atoms with Crippen molar-refractivity contribution in [2.75, 3.05) is 5.75 Å². The van der Waals surface area contributed by atoms with Gasteiger partial charge in [0, 0.05) is 15.8 Å². The Balaban J connectivity index is 1.99. The average molecular weight is 392 g/mol. The van der Waals surface area contributed by atoms with Crippen LogP contribution in [0.2, 0.25) is 0 Å². The molecule has 6 heteroatoms. The first-order valence-corrected chi connectivity index (χ1v) is 8.89. The Morgan fingerprint density at radius 1 is 1.13 bits per heavy atom. The molecule has 2 aromatic carbocycles. The Hall–Kier alpha value is -1.79. The van der Waals surface area contributed by atoms with Gasteiger partial charge in [0.2, 0.25) is 0 Å². The van der Waals surface area contributed by atoms with Crippen LogP contribution in [0.1, 0.15) is 21.3 Å². The van der Waals surface area contributed by atoms with Gasteiger partial charge in [-0.1, -0.05) is 52.3 Å². The number of carboxylic acid groups (broad SMARTS) is 1. The van der Waals surface area contributed by atoms with Gasteiger partial charge in [-0.15, -0.1) is 11.8 Å². The summed E-state index contributed by atoms with van der Waals surface area (Å²) in [6.45, 7) is 0. The fourth-order valence-electron chi connectivity index (χ4n) is 2.59. The topological polar surface area (TPSA) is 57.6 Å². The highest BCUT2D eigenvalue weighted by atomic mass is 79.9. The molecule has 0 aromatic heterocycles. The molecule has 4 nitrogen and oxygen atoms in total. The van der Waals surface area contributed by atoms with Crippen molar-refractivity contribution in [3.05, 3.63) is 70.2 Å². The van der Waals surface area contributed by atoms with E-state index in [-0.39, 0.29) is 11.3 Å². The molecule has 2 aromatic rings. The third kappa shape index (κ3) is 3.28. The van der Waals surface area contributed by atoms with Crippen LogP contribution in [0.3, 0.4) is 0 Å². The van der Waals surface area contributed by atoms with Crippen LogP contribution in [-0.2, 0) is 4.79 Å². The van der Waals surface area contributed by atoms with Gasteiger partial charge < -0.3 is 10.0 Å². The molecule has 1 aliphatic heterocycles. The van der Waals surface area contributed by atoms with E-state index in [4.69, 9.17) is 0 Å². The van der Waals surface area contributed by atoms with Crippen molar-refractivity contribution in [3.63, 3.8) is 0 Å². The molecule has 0 bridgehead atoms. The average Bonchev–Trinajstić information content (AvgIpc) is 3.00. The van der Waals surface area contributed by atoms with E-state index >= 15 is 0 Å². The zero-order valence-corrected chi connectivity index (χ0v) is 14.5. The van der Waals surface area contributed by atoms with Crippen LogP contribution in [-0.4, -0.2) is 33.7 Å². The van der Waals surface area contributed by atoms with E-state index in [2.05, 4.69) is 15.9 Å². The maximum Gasteiger partial charge on any atom is 0.327 e. The number of amides is 1. The predicted molar refractivity (Wildman–Crippen MR) is 93.4 cm³/mol. The second-order valence-corrected chi connectivity index (χ2v) is 7.20. The number of thioether (sulfide) groups is 1. The predicted octanol–water partition coefficient (Wildman–Crippen LogP) is 3.79. The Kier molecular flexibility index (Phi) is 4.73. The molecule has 1 aliphatic rings. The van der Waals surface area contributed by atoms with Crippen LogP contribution in [0.5, 0.6) is 0 Å². The van der Waals surface area contributed by atoms with Crippen LogP contribution in [0, 0.1) is 0 Å². The summed E-state index contributed by atoms with van der Waals surface area (Å²) in [4.78, 5) is 26.0. The van der Waals surface area contributed by atoms with Crippen molar-refractivity contribution in [1.82, 2.24) is 4.90 Å². The third-order valence-electron chi connectivity index (χ3n) is 3.68. The van der Waals surface area contributed by atoms with E-state index < -0.39 is 12.0 Å². The number of benzene rings is 2. The molecular weight excluding hydrogens is 378 g/mol. The number of carbonyl (C=O) groups excluding carboxylic acids is 1. The van der Waals surface area contributed by atoms with Crippen molar-refractivity contribution >= 4 is 39.6 Å². The van der Waals surface area contributed by atoms with Crippen molar-refractivity contribution in [2.45, 2.75) is 11.4 Å². The molecule has 3 rings (SSSR count). The van der Waals surface area contributed by atoms with E-state index in [0.717, 1.165) is 10.0 Å². The summed E-state index contributed by atoms with van der Waals surface area (Å²) in [7, 11) is 0. The molecule has 2 unspecified atom stereocenters. The number of carboxylic acids is 1. The molecule has 2 atom stereocenters. The first-order valence-electron chi connectivity index (χ1n) is 7.05. The fourth-order valence-corrected chi connectivity index (χ4v) is 4.41. The van der Waals surface area contributed by atoms with E-state index in [1.807, 2.05) is 36.4 Å². The lowest BCUT2D eigenvalue weighted by atomic mass is 10.1. The summed E-state index contributed by atoms with van der Waals surface area (Å²) in [5.41, 5.74) is 1.42. The van der Waals surface area contributed by atoms with Crippen LogP contribution >= 0.6 is 27.7 Å². The quantitative estimate of drug-likeness (QED) is 0.864. The van der Waals surface area contributed by atoms with Gasteiger partial charge in [-0.25, -0.2) is 4.79 Å². The summed E-state index contributed by atoms with van der Waals surface area (Å²) in [5, 5.41) is 9.19. The standard InChI is InChI=1S/C17H14BrNO3S/c18-13-8-4-7-12(9-13)15(20)19-14(17(21)22)10-23-16(19)11-5-2-1-3-6-11/h1-9,14,16H,10H2,(H,21,22). The number of nitrogens with zero attached hydrogens (tertiary/aromatic N) is 1. The van der Waals surface area contributed by atoms with Gasteiger partial charge in [-0.3, -0.25) is 4.79 Å². The van der Waals surface area contributed by atoms with Gasteiger partial charge in [0.15, 0.2) is 0 Å². The first kappa shape index (κ1) is 16.1. The maximum atomic E-state index is 12.9. The van der Waals surface area contributed by atoms with Gasteiger partial charge in [-0.05, 0) is 23.8 Å². The van der Waals surface area contributed by atoms with Crippen LogP contribution < -0.4 is 0 Å². The summed E-state index contributed by atoms with van der Waals surface area (Å²) < 4.78 is 0.790. The van der Waals surface area contributed by atoms with Crippen molar-refractivity contribution in [2.24, 2.45) is 0 Å². The number of rotatable bonds is 3. The van der Waals surface area contributed by atoms with Crippen LogP contribution in [0.4, 0.5) is 0 Å². The van der Waals surface area contributed by atoms with E-state index in [1.54, 1.807) is 18.2 Å². The van der Waals surface area contributed by atoms with Crippen molar-refractivity contribution < 1.29 is 14.7 Å². The number of halogens is 1. The minimum atomic E-state index is -0.973. The zero-order chi connectivity index (χ0) is 16.4. The second-order valence-electron chi connectivity index (χ2n) is 5.17. The molecule has 1 saturated heterocycles. The minimum Gasteiger partial charge on any atom is -0.480 e. The van der Waals surface area contributed by atoms with Crippen LogP contribution in [0.25, 0.3) is 0 Å². The molecule has 0 aliphatic carbocycles. The molecule has 0 radical (unpaired) electrons. The SMILES string of the molecule is O=C(O)C1CSC(c2ccccc2)N1C(=O)c1cccc(Br)c1. The van der Waals surface area contributed by atoms with Gasteiger partial charge in [0.1, 0.15) is 11.4 Å². The third-order valence-corrected chi connectivity index (χ3v) is 5.49. The lowest BCUT2D eigenvalue weighted by Crippen LogP contribution is -2.42. The summed E-state index contributed by atoms with van der Waals surface area (Å²) in [5.74, 6) is -0.855. The Labute approximate surface area is 146 Å². The maximum absolute atomic E-state index is 12.9. The first-order chi connectivity index (χ1) is 11.1. The number of carbonyl (C=O) groups is 2. The molecule has 23 heavy (non-hydrogen) atoms. The highest BCUT2D eigenvalue weighted by Crippen LogP contribution is 2.42. The van der Waals surface area contributed by atoms with Gasteiger partial charge in [0.05, 0.1) is 0 Å². The number of hydrogen-bond donors (Lipinski definition) is 1. The fraction of sp³-hybridized carbons (Fsp3) is 0.176. The largest absolute Gasteiger partial charge is 0.480 e. The Morgan fingerprint density at radius 3 is 2.52 bits per heavy atom. The highest BCUT2D eigenvalue weighted by molar-refractivity contribution is 9.10. The van der Waals surface area contributed by atoms with Gasteiger partial charge in [0.25, 0.3) is 5.91 Å². The molecule has 1 N–H and O–H groups in total. The van der Waals surface area contributed by atoms with E-state index in [1.165, 1.54) is 16.7 Å². The lowest BCUT2D eigenvalue weighted by molar-refractivity contribution is -0.141. The monoisotopic (exact) mass is 391 g/mol. The van der Waals surface area contributed by atoms with Gasteiger partial charge in [-0.2, -0.15) is 0 Å². The number of aliphatic carboxylic acids is 1. The number of hydrogen-bond acceptors (Lipinski definition) is 3. The minimum absolute atomic E-state index is 0.266. The van der Waals surface area contributed by atoms with Gasteiger partial charge >= 0.3 is 5.97 Å². The molecule has 0 saturated carbocycles. The highest BCUT2D eigenvalue weighted by Gasteiger charge is 2.42. The second kappa shape index (κ2) is 6.76. The summed E-state index contributed by atoms with van der Waals surface area (Å²) in [6.07, 6.45) is 0. The molecule has 0 spiro atoms. The Bertz CT molecular complexity index is 738. The molecular formula is C17H14BrNO3S. The van der Waals surface area contributed by atoms with Crippen LogP contribution in [0.15, 0.2) is 59.1 Å². The molecule has 1 heterocycles. The molecule has 1 fully saturated rings. The molecule has 1 amide bonds.